The summed E-state index contributed by atoms with van der Waals surface area (Å²) < 4.78 is 0.987. The van der Waals surface area contributed by atoms with Crippen LogP contribution in [0, 0.1) is 0 Å². The molecule has 1 aliphatic heterocycles. The predicted molar refractivity (Wildman–Crippen MR) is 103 cm³/mol. The molecule has 0 bridgehead atoms. The number of halogens is 1. The summed E-state index contributed by atoms with van der Waals surface area (Å²) in [5.74, 6) is 0.835. The number of aromatic nitrogens is 2. The van der Waals surface area contributed by atoms with Gasteiger partial charge in [-0.05, 0) is 49.2 Å². The molecule has 5 nitrogen and oxygen atoms in total. The van der Waals surface area contributed by atoms with Gasteiger partial charge in [-0.1, -0.05) is 28.1 Å². The molecule has 25 heavy (non-hydrogen) atoms. The van der Waals surface area contributed by atoms with E-state index in [4.69, 9.17) is 0 Å². The molecule has 126 valence electrons. The number of rotatable bonds is 3. The van der Waals surface area contributed by atoms with Crippen LogP contribution in [0.4, 0.5) is 11.5 Å². The van der Waals surface area contributed by atoms with Crippen LogP contribution in [0.3, 0.4) is 0 Å². The molecule has 2 aromatic carbocycles. The second-order valence-corrected chi connectivity index (χ2v) is 6.98. The third kappa shape index (κ3) is 3.22. The fourth-order valence-corrected chi connectivity index (χ4v) is 3.54. The summed E-state index contributed by atoms with van der Waals surface area (Å²) >= 11 is 3.41. The Bertz CT molecular complexity index is 907. The smallest absolute Gasteiger partial charge is 0.247 e. The first-order valence-electron chi connectivity index (χ1n) is 8.25. The number of hydrogen-bond donors (Lipinski definition) is 1. The molecule has 1 aliphatic rings. The zero-order valence-corrected chi connectivity index (χ0v) is 15.1. The van der Waals surface area contributed by atoms with E-state index >= 15 is 0 Å². The van der Waals surface area contributed by atoms with E-state index in [9.17, 15) is 4.79 Å². The summed E-state index contributed by atoms with van der Waals surface area (Å²) in [6.45, 7) is 0.819. The highest BCUT2D eigenvalue weighted by Gasteiger charge is 2.32. The molecular weight excluding hydrogens is 380 g/mol. The minimum absolute atomic E-state index is 0.00233. The number of carbonyl (C=O) groups excluding carboxylic acids is 1. The second-order valence-electron chi connectivity index (χ2n) is 6.06. The van der Waals surface area contributed by atoms with Gasteiger partial charge in [-0.3, -0.25) is 4.79 Å². The van der Waals surface area contributed by atoms with E-state index in [0.29, 0.717) is 0 Å². The minimum Gasteiger partial charge on any atom is -0.344 e. The Morgan fingerprint density at radius 3 is 2.76 bits per heavy atom. The Balaban J connectivity index is 1.61. The van der Waals surface area contributed by atoms with Crippen molar-refractivity contribution in [3.8, 4) is 0 Å². The van der Waals surface area contributed by atoms with Gasteiger partial charge >= 0.3 is 0 Å². The van der Waals surface area contributed by atoms with Crippen LogP contribution in [0.1, 0.15) is 12.8 Å². The van der Waals surface area contributed by atoms with Gasteiger partial charge in [0.25, 0.3) is 0 Å². The molecule has 1 aromatic heterocycles. The first kappa shape index (κ1) is 16.0. The van der Waals surface area contributed by atoms with Gasteiger partial charge in [-0.25, -0.2) is 9.97 Å². The average molecular weight is 397 g/mol. The Morgan fingerprint density at radius 2 is 1.92 bits per heavy atom. The molecule has 0 spiro atoms. The van der Waals surface area contributed by atoms with Crippen LogP contribution in [0.5, 0.6) is 0 Å². The van der Waals surface area contributed by atoms with Crippen molar-refractivity contribution >= 4 is 44.2 Å². The molecule has 3 aromatic rings. The van der Waals surface area contributed by atoms with Gasteiger partial charge in [0.15, 0.2) is 0 Å². The van der Waals surface area contributed by atoms with Crippen LogP contribution in [0.25, 0.3) is 10.9 Å². The van der Waals surface area contributed by atoms with Gasteiger partial charge in [-0.2, -0.15) is 0 Å². The fourth-order valence-electron chi connectivity index (χ4n) is 3.27. The van der Waals surface area contributed by atoms with E-state index in [1.165, 1.54) is 0 Å². The monoisotopic (exact) mass is 396 g/mol. The molecule has 1 atom stereocenters. The van der Waals surface area contributed by atoms with Gasteiger partial charge in [0, 0.05) is 22.1 Å². The van der Waals surface area contributed by atoms with Crippen molar-refractivity contribution < 1.29 is 4.79 Å². The molecule has 2 heterocycles. The van der Waals surface area contributed by atoms with E-state index in [0.717, 1.165) is 46.3 Å². The summed E-state index contributed by atoms with van der Waals surface area (Å²) in [6.07, 6.45) is 3.36. The van der Waals surface area contributed by atoms with Crippen molar-refractivity contribution in [3.63, 3.8) is 0 Å². The number of amides is 1. The van der Waals surface area contributed by atoms with Crippen molar-refractivity contribution in [1.82, 2.24) is 9.97 Å². The first-order valence-corrected chi connectivity index (χ1v) is 9.04. The van der Waals surface area contributed by atoms with Crippen LogP contribution in [0.15, 0.2) is 59.3 Å². The maximum absolute atomic E-state index is 12.8. The number of para-hydroxylation sites is 1. The quantitative estimate of drug-likeness (QED) is 0.726. The molecule has 1 amide bonds. The summed E-state index contributed by atoms with van der Waals surface area (Å²) in [5.41, 5.74) is 1.69. The molecule has 4 rings (SSSR count). The number of fused-ring (bicyclic) bond motifs is 1. The van der Waals surface area contributed by atoms with E-state index in [2.05, 4.69) is 36.1 Å². The zero-order valence-electron chi connectivity index (χ0n) is 13.5. The zero-order chi connectivity index (χ0) is 17.2. The minimum atomic E-state index is -0.220. The lowest BCUT2D eigenvalue weighted by Gasteiger charge is -2.25. The van der Waals surface area contributed by atoms with Crippen molar-refractivity contribution in [3.05, 3.63) is 59.3 Å². The topological polar surface area (TPSA) is 58.1 Å². The van der Waals surface area contributed by atoms with Crippen LogP contribution < -0.4 is 10.2 Å². The van der Waals surface area contributed by atoms with E-state index < -0.39 is 0 Å². The van der Waals surface area contributed by atoms with Crippen molar-refractivity contribution in [2.24, 2.45) is 0 Å². The number of benzene rings is 2. The van der Waals surface area contributed by atoms with Gasteiger partial charge < -0.3 is 10.2 Å². The number of hydrogen-bond acceptors (Lipinski definition) is 4. The lowest BCUT2D eigenvalue weighted by atomic mass is 10.1. The SMILES string of the molecule is O=C(Nc1ccc(Br)cc1)[C@H]1CCCN1c1ncnc2ccccc12. The molecule has 0 radical (unpaired) electrons. The fraction of sp³-hybridized carbons (Fsp3) is 0.211. The molecular formula is C19H17BrN4O. The lowest BCUT2D eigenvalue weighted by molar-refractivity contribution is -0.117. The maximum Gasteiger partial charge on any atom is 0.247 e. The molecule has 6 heteroatoms. The highest BCUT2D eigenvalue weighted by molar-refractivity contribution is 9.10. The Hall–Kier alpha value is -2.47. The van der Waals surface area contributed by atoms with Crippen LogP contribution >= 0.6 is 15.9 Å². The molecule has 1 N–H and O–H groups in total. The number of anilines is 2. The molecule has 0 unspecified atom stereocenters. The third-order valence-electron chi connectivity index (χ3n) is 4.46. The van der Waals surface area contributed by atoms with Crippen LogP contribution in [-0.4, -0.2) is 28.5 Å². The van der Waals surface area contributed by atoms with E-state index in [1.807, 2.05) is 48.5 Å². The number of nitrogens with zero attached hydrogens (tertiary/aromatic N) is 3. The average Bonchev–Trinajstić information content (AvgIpc) is 3.13. The van der Waals surface area contributed by atoms with Crippen molar-refractivity contribution in [2.45, 2.75) is 18.9 Å². The Kier molecular flexibility index (Phi) is 4.36. The summed E-state index contributed by atoms with van der Waals surface area (Å²) in [7, 11) is 0. The number of nitrogens with one attached hydrogen (secondary N) is 1. The highest BCUT2D eigenvalue weighted by Crippen LogP contribution is 2.30. The largest absolute Gasteiger partial charge is 0.344 e. The first-order chi connectivity index (χ1) is 12.2. The number of carbonyl (C=O) groups is 1. The van der Waals surface area contributed by atoms with E-state index in [-0.39, 0.29) is 11.9 Å². The molecule has 1 saturated heterocycles. The second kappa shape index (κ2) is 6.80. The summed E-state index contributed by atoms with van der Waals surface area (Å²) in [4.78, 5) is 23.7. The summed E-state index contributed by atoms with van der Waals surface area (Å²) in [6, 6.07) is 15.3. The highest BCUT2D eigenvalue weighted by atomic mass is 79.9. The molecule has 1 fully saturated rings. The van der Waals surface area contributed by atoms with Crippen LogP contribution in [-0.2, 0) is 4.79 Å². The van der Waals surface area contributed by atoms with Gasteiger partial charge in [0.05, 0.1) is 5.52 Å². The molecule has 0 aliphatic carbocycles. The molecule has 0 saturated carbocycles. The van der Waals surface area contributed by atoms with Gasteiger partial charge in [-0.15, -0.1) is 0 Å². The van der Waals surface area contributed by atoms with Gasteiger partial charge in [0.2, 0.25) is 5.91 Å². The van der Waals surface area contributed by atoms with Crippen molar-refractivity contribution in [2.75, 3.05) is 16.8 Å². The summed E-state index contributed by atoms with van der Waals surface area (Å²) in [5, 5.41) is 3.99. The van der Waals surface area contributed by atoms with Crippen molar-refractivity contribution in [1.29, 1.82) is 0 Å². The third-order valence-corrected chi connectivity index (χ3v) is 4.99. The van der Waals surface area contributed by atoms with Crippen LogP contribution in [0.2, 0.25) is 0 Å². The maximum atomic E-state index is 12.8. The van der Waals surface area contributed by atoms with E-state index in [1.54, 1.807) is 6.33 Å². The van der Waals surface area contributed by atoms with Gasteiger partial charge in [0.1, 0.15) is 18.2 Å². The standard InChI is InChI=1S/C19H17BrN4O/c20-13-7-9-14(10-8-13)23-19(25)17-6-3-11-24(17)18-15-4-1-2-5-16(15)21-12-22-18/h1-2,4-5,7-10,12,17H,3,6,11H2,(H,23,25)/t17-/m1/s1. The Labute approximate surface area is 154 Å². The Morgan fingerprint density at radius 1 is 1.12 bits per heavy atom. The normalized spacial score (nSPS) is 17.0. The lowest BCUT2D eigenvalue weighted by Crippen LogP contribution is -2.40. The predicted octanol–water partition coefficient (Wildman–Crippen LogP) is 4.00.